The summed E-state index contributed by atoms with van der Waals surface area (Å²) in [6.07, 6.45) is 119. The Morgan fingerprint density at radius 1 is 0.317 bits per heavy atom. The molecule has 580 valence electrons. The van der Waals surface area contributed by atoms with E-state index in [0.717, 1.165) is 122 Å². The number of rotatable bonds is 77. The highest BCUT2D eigenvalue weighted by Gasteiger charge is 2.27. The molecule has 0 aromatic carbocycles. The molecular weight excluding hydrogens is 1270 g/mol. The molecule has 2 atom stereocenters. The van der Waals surface area contributed by atoms with E-state index in [9.17, 15) is 19.0 Å². The maximum atomic E-state index is 12.9. The van der Waals surface area contributed by atoms with Crippen molar-refractivity contribution in [2.75, 3.05) is 47.5 Å². The van der Waals surface area contributed by atoms with Gasteiger partial charge in [0.1, 0.15) is 19.8 Å². The minimum absolute atomic E-state index is 0.0209. The van der Waals surface area contributed by atoms with Crippen molar-refractivity contribution in [2.24, 2.45) is 0 Å². The summed E-state index contributed by atoms with van der Waals surface area (Å²) in [5.41, 5.74) is 0. The van der Waals surface area contributed by atoms with Gasteiger partial charge in [0, 0.05) is 12.8 Å². The van der Waals surface area contributed by atoms with E-state index in [2.05, 4.69) is 160 Å². The van der Waals surface area contributed by atoms with Crippen LogP contribution >= 0.6 is 7.82 Å². The SMILES string of the molecule is CC/C=C\C/C=C\C/C=C\C/C=C\C/C=C\C/C=C\C/C=C\C/C=C\C/C=C\C/C=C\C/C=C\C/C=C\CCCCCCC(=O)OC(COC(=O)CCCCCCCCCCCCCCCCCCCCCCCCCCCCCCCCCCCCCC)COP(=O)(O)OCC[N+](C)(C)C. The molecule has 0 aromatic rings. The molecule has 0 saturated heterocycles. The summed E-state index contributed by atoms with van der Waals surface area (Å²) >= 11 is 0. The molecule has 0 bridgehead atoms. The van der Waals surface area contributed by atoms with Crippen LogP contribution in [-0.4, -0.2) is 74.9 Å². The summed E-state index contributed by atoms with van der Waals surface area (Å²) in [5, 5.41) is 0. The van der Waals surface area contributed by atoms with Crippen molar-refractivity contribution in [1.82, 2.24) is 0 Å². The second-order valence-electron chi connectivity index (χ2n) is 29.1. The Morgan fingerprint density at radius 2 is 0.564 bits per heavy atom. The molecule has 9 nitrogen and oxygen atoms in total. The zero-order valence-corrected chi connectivity index (χ0v) is 67.2. The fraction of sp³-hybridized carbons (Fsp3) is 0.714. The second-order valence-corrected chi connectivity index (χ2v) is 30.6. The Morgan fingerprint density at radius 3 is 0.842 bits per heavy atom. The highest BCUT2D eigenvalue weighted by Crippen LogP contribution is 2.43. The normalized spacial score (nSPS) is 13.8. The third-order valence-corrected chi connectivity index (χ3v) is 19.1. The molecule has 0 aliphatic rings. The Labute approximate surface area is 624 Å². The summed E-state index contributed by atoms with van der Waals surface area (Å²) in [5.74, 6) is -0.822. The molecule has 0 saturated carbocycles. The number of esters is 2. The van der Waals surface area contributed by atoms with Gasteiger partial charge in [-0.2, -0.15) is 0 Å². The monoisotopic (exact) mass is 1430 g/mol. The molecule has 0 aliphatic heterocycles. The highest BCUT2D eigenvalue weighted by atomic mass is 31.2. The van der Waals surface area contributed by atoms with Gasteiger partial charge in [0.2, 0.25) is 0 Å². The Bertz CT molecular complexity index is 2220. The van der Waals surface area contributed by atoms with Crippen LogP contribution in [0.2, 0.25) is 0 Å². The lowest BCUT2D eigenvalue weighted by molar-refractivity contribution is -0.870. The van der Waals surface area contributed by atoms with Crippen molar-refractivity contribution in [2.45, 2.75) is 373 Å². The minimum atomic E-state index is -4.41. The van der Waals surface area contributed by atoms with Crippen molar-refractivity contribution in [3.8, 4) is 0 Å². The number of nitrogens with zero attached hydrogens (tertiary/aromatic N) is 1. The van der Waals surface area contributed by atoms with E-state index >= 15 is 0 Å². The summed E-state index contributed by atoms with van der Waals surface area (Å²) in [7, 11) is 1.45. The quantitative estimate of drug-likeness (QED) is 0.0211. The lowest BCUT2D eigenvalue weighted by atomic mass is 10.0. The van der Waals surface area contributed by atoms with Gasteiger partial charge in [-0.25, -0.2) is 4.57 Å². The topological polar surface area (TPSA) is 108 Å². The average Bonchev–Trinajstić information content (AvgIpc) is 1.02. The number of carbonyl (C=O) groups is 2. The summed E-state index contributed by atoms with van der Waals surface area (Å²) in [6.45, 7) is 4.32. The van der Waals surface area contributed by atoms with E-state index in [0.29, 0.717) is 17.4 Å². The molecule has 0 aliphatic carbocycles. The zero-order valence-electron chi connectivity index (χ0n) is 66.4. The number of unbranched alkanes of at least 4 members (excludes halogenated alkanes) is 39. The number of ether oxygens (including phenoxy) is 2. The predicted molar refractivity (Wildman–Crippen MR) is 440 cm³/mol. The van der Waals surface area contributed by atoms with Crippen molar-refractivity contribution < 1.29 is 42.1 Å². The number of carbonyl (C=O) groups excluding carboxylic acids is 2. The first-order valence-electron chi connectivity index (χ1n) is 42.1. The number of phosphoric acid groups is 1. The van der Waals surface area contributed by atoms with Gasteiger partial charge < -0.3 is 18.9 Å². The van der Waals surface area contributed by atoms with Gasteiger partial charge in [-0.3, -0.25) is 18.6 Å². The van der Waals surface area contributed by atoms with Crippen molar-refractivity contribution >= 4 is 19.8 Å². The fourth-order valence-electron chi connectivity index (χ4n) is 11.8. The average molecular weight is 1430 g/mol. The molecule has 10 heteroatoms. The van der Waals surface area contributed by atoms with Crippen LogP contribution < -0.4 is 0 Å². The molecule has 0 rings (SSSR count). The smallest absolute Gasteiger partial charge is 0.462 e. The van der Waals surface area contributed by atoms with Crippen LogP contribution in [0.15, 0.2) is 146 Å². The second kappa shape index (κ2) is 80.0. The van der Waals surface area contributed by atoms with Gasteiger partial charge in [0.05, 0.1) is 27.7 Å². The molecule has 0 heterocycles. The van der Waals surface area contributed by atoms with Crippen LogP contribution in [0.25, 0.3) is 0 Å². The Kier molecular flexibility index (Phi) is 76.7. The van der Waals surface area contributed by atoms with Crippen molar-refractivity contribution in [1.29, 1.82) is 0 Å². The largest absolute Gasteiger partial charge is 0.472 e. The standard InChI is InChI=1S/C91H158NO8P/c1-6-8-10-12-14-16-18-20-22-24-26-28-30-32-34-36-38-40-42-44-45-46-47-48-50-52-54-56-58-60-62-64-66-68-70-72-74-76-78-80-82-84-91(94)100-89(88-99-101(95,96)98-86-85-92(3,4)5)87-97-90(93)83-81-79-77-75-73-71-69-67-65-63-61-59-57-55-53-51-49-43-41-39-37-35-33-31-29-27-25-23-21-19-17-15-13-11-9-7-2/h8,10,14,16,20,22,26,28,32,34,38,40,44-45,47-48,52,54,58,60,64,66,70,72,89H,6-7,9,11-13,15,17-19,21,23-25,27,29-31,33,35-37,39,41-43,46,49-51,53,55-57,59,61-63,65,67-69,71,73-88H2,1-5H3/p+1/b10-8-,16-14-,22-20-,28-26-,34-32-,40-38-,45-44-,48-47-,54-52-,60-58-,66-64-,72-70-. The molecule has 0 spiro atoms. The number of hydrogen-bond donors (Lipinski definition) is 1. The van der Waals surface area contributed by atoms with Gasteiger partial charge in [-0.05, 0) is 103 Å². The summed E-state index contributed by atoms with van der Waals surface area (Å²) in [6, 6.07) is 0. The molecule has 101 heavy (non-hydrogen) atoms. The number of phosphoric ester groups is 1. The maximum absolute atomic E-state index is 12.9. The Balaban J connectivity index is 4.04. The van der Waals surface area contributed by atoms with E-state index in [1.165, 1.54) is 212 Å². The lowest BCUT2D eigenvalue weighted by Crippen LogP contribution is -2.37. The van der Waals surface area contributed by atoms with Crippen LogP contribution in [-0.2, 0) is 32.7 Å². The van der Waals surface area contributed by atoms with Crippen LogP contribution in [0, 0.1) is 0 Å². The van der Waals surface area contributed by atoms with E-state index in [-0.39, 0.29) is 32.0 Å². The highest BCUT2D eigenvalue weighted by molar-refractivity contribution is 7.47. The van der Waals surface area contributed by atoms with Gasteiger partial charge in [-0.1, -0.05) is 397 Å². The fourth-order valence-corrected chi connectivity index (χ4v) is 12.5. The van der Waals surface area contributed by atoms with Gasteiger partial charge in [0.15, 0.2) is 6.10 Å². The van der Waals surface area contributed by atoms with Crippen LogP contribution in [0.4, 0.5) is 0 Å². The van der Waals surface area contributed by atoms with Crippen molar-refractivity contribution in [3.05, 3.63) is 146 Å². The molecule has 0 amide bonds. The number of hydrogen-bond acceptors (Lipinski definition) is 7. The Hall–Kier alpha value is -4.11. The first kappa shape index (κ1) is 96.9. The third kappa shape index (κ3) is 84.7. The maximum Gasteiger partial charge on any atom is 0.472 e. The number of allylic oxidation sites excluding steroid dienone is 24. The predicted octanol–water partition coefficient (Wildman–Crippen LogP) is 28.5. The van der Waals surface area contributed by atoms with Crippen LogP contribution in [0.1, 0.15) is 367 Å². The van der Waals surface area contributed by atoms with Crippen molar-refractivity contribution in [3.63, 3.8) is 0 Å². The summed E-state index contributed by atoms with van der Waals surface area (Å²) in [4.78, 5) is 36.0. The molecule has 0 radical (unpaired) electrons. The number of likely N-dealkylation sites (N-methyl/N-ethyl adjacent to an activating group) is 1. The first-order chi connectivity index (χ1) is 49.5. The minimum Gasteiger partial charge on any atom is -0.462 e. The van der Waals surface area contributed by atoms with E-state index in [1.54, 1.807) is 0 Å². The first-order valence-corrected chi connectivity index (χ1v) is 43.6. The van der Waals surface area contributed by atoms with E-state index in [4.69, 9.17) is 18.5 Å². The van der Waals surface area contributed by atoms with E-state index in [1.807, 2.05) is 21.1 Å². The van der Waals surface area contributed by atoms with Crippen LogP contribution in [0.5, 0.6) is 0 Å². The van der Waals surface area contributed by atoms with Gasteiger partial charge in [0.25, 0.3) is 0 Å². The van der Waals surface area contributed by atoms with E-state index < -0.39 is 26.5 Å². The molecule has 0 aromatic heterocycles. The molecule has 2 unspecified atom stereocenters. The van der Waals surface area contributed by atoms with Crippen LogP contribution in [0.3, 0.4) is 0 Å². The molecule has 1 N–H and O–H groups in total. The number of quaternary nitrogens is 1. The summed E-state index contributed by atoms with van der Waals surface area (Å²) < 4.78 is 34.8. The third-order valence-electron chi connectivity index (χ3n) is 18.1. The molecule has 0 fully saturated rings. The molecular formula is C91H159NO8P+. The van der Waals surface area contributed by atoms with Gasteiger partial charge >= 0.3 is 19.8 Å². The lowest BCUT2D eigenvalue weighted by Gasteiger charge is -2.24. The van der Waals surface area contributed by atoms with Gasteiger partial charge in [-0.15, -0.1) is 0 Å². The zero-order chi connectivity index (χ0) is 73.3.